The lowest BCUT2D eigenvalue weighted by Crippen LogP contribution is -2.43. The predicted molar refractivity (Wildman–Crippen MR) is 109 cm³/mol. The van der Waals surface area contributed by atoms with Crippen molar-refractivity contribution in [1.29, 1.82) is 0 Å². The van der Waals surface area contributed by atoms with Crippen LogP contribution in [0, 0.1) is 18.7 Å². The maximum atomic E-state index is 13.5. The standard InChI is InChI=1S/C20H22ClFN2O4S/c1-13-5-7-16(22)11-17(13)23-20(25)14-4-3-9-24(12-14)29(26,27)19-10-15(21)6-8-18(19)28-2/h5-8,10-11,14H,3-4,9,12H2,1-2H3,(H,23,25)/t14-/m0/s1. The number of sulfonamides is 1. The Labute approximate surface area is 174 Å². The van der Waals surface area contributed by atoms with E-state index in [1.54, 1.807) is 19.1 Å². The highest BCUT2D eigenvalue weighted by Crippen LogP contribution is 2.32. The Morgan fingerprint density at radius 3 is 2.76 bits per heavy atom. The zero-order valence-corrected chi connectivity index (χ0v) is 17.7. The Morgan fingerprint density at radius 1 is 1.28 bits per heavy atom. The number of halogens is 2. The summed E-state index contributed by atoms with van der Waals surface area (Å²) in [5.41, 5.74) is 1.11. The first-order chi connectivity index (χ1) is 13.7. The van der Waals surface area contributed by atoms with E-state index < -0.39 is 21.8 Å². The minimum absolute atomic E-state index is 0.0260. The molecule has 3 rings (SSSR count). The maximum absolute atomic E-state index is 13.5. The Kier molecular flexibility index (Phi) is 6.45. The molecule has 156 valence electrons. The fourth-order valence-electron chi connectivity index (χ4n) is 3.33. The number of nitrogens with one attached hydrogen (secondary N) is 1. The fourth-order valence-corrected chi connectivity index (χ4v) is 5.27. The summed E-state index contributed by atoms with van der Waals surface area (Å²) >= 11 is 5.98. The molecule has 0 bridgehead atoms. The van der Waals surface area contributed by atoms with E-state index >= 15 is 0 Å². The molecule has 1 aliphatic heterocycles. The summed E-state index contributed by atoms with van der Waals surface area (Å²) in [6, 6.07) is 8.53. The van der Waals surface area contributed by atoms with Crippen LogP contribution >= 0.6 is 11.6 Å². The van der Waals surface area contributed by atoms with E-state index in [0.29, 0.717) is 25.1 Å². The second-order valence-corrected chi connectivity index (χ2v) is 9.29. The molecule has 0 radical (unpaired) electrons. The highest BCUT2D eigenvalue weighted by atomic mass is 35.5. The number of hydrogen-bond donors (Lipinski definition) is 1. The number of aryl methyl sites for hydroxylation is 1. The Bertz CT molecular complexity index is 1030. The van der Waals surface area contributed by atoms with Gasteiger partial charge >= 0.3 is 0 Å². The number of piperidine rings is 1. The highest BCUT2D eigenvalue weighted by Gasteiger charge is 2.35. The van der Waals surface area contributed by atoms with Gasteiger partial charge in [0.25, 0.3) is 0 Å². The van der Waals surface area contributed by atoms with Gasteiger partial charge in [0, 0.05) is 23.8 Å². The molecule has 6 nitrogen and oxygen atoms in total. The first kappa shape index (κ1) is 21.5. The van der Waals surface area contributed by atoms with Crippen molar-refractivity contribution in [3.05, 3.63) is 52.8 Å². The fraction of sp³-hybridized carbons (Fsp3) is 0.350. The van der Waals surface area contributed by atoms with Crippen LogP contribution in [0.15, 0.2) is 41.3 Å². The monoisotopic (exact) mass is 440 g/mol. The molecule has 9 heteroatoms. The van der Waals surface area contributed by atoms with Crippen molar-refractivity contribution in [3.63, 3.8) is 0 Å². The number of hydrogen-bond acceptors (Lipinski definition) is 4. The molecule has 0 unspecified atom stereocenters. The molecule has 29 heavy (non-hydrogen) atoms. The molecule has 1 amide bonds. The minimum atomic E-state index is -3.90. The minimum Gasteiger partial charge on any atom is -0.495 e. The lowest BCUT2D eigenvalue weighted by atomic mass is 9.98. The molecule has 0 aliphatic carbocycles. The third-order valence-electron chi connectivity index (χ3n) is 4.96. The number of nitrogens with zero attached hydrogens (tertiary/aromatic N) is 1. The van der Waals surface area contributed by atoms with Gasteiger partial charge in [-0.2, -0.15) is 4.31 Å². The van der Waals surface area contributed by atoms with E-state index in [1.807, 2.05) is 0 Å². The van der Waals surface area contributed by atoms with E-state index in [2.05, 4.69) is 5.32 Å². The van der Waals surface area contributed by atoms with Gasteiger partial charge in [-0.25, -0.2) is 12.8 Å². The lowest BCUT2D eigenvalue weighted by molar-refractivity contribution is -0.120. The van der Waals surface area contributed by atoms with Crippen LogP contribution in [0.1, 0.15) is 18.4 Å². The van der Waals surface area contributed by atoms with E-state index in [4.69, 9.17) is 16.3 Å². The van der Waals surface area contributed by atoms with Crippen LogP contribution in [0.3, 0.4) is 0 Å². The zero-order valence-electron chi connectivity index (χ0n) is 16.1. The van der Waals surface area contributed by atoms with Crippen LogP contribution in [0.2, 0.25) is 5.02 Å². The molecule has 1 aliphatic rings. The van der Waals surface area contributed by atoms with Gasteiger partial charge in [-0.3, -0.25) is 4.79 Å². The number of benzene rings is 2. The molecule has 0 spiro atoms. The first-order valence-electron chi connectivity index (χ1n) is 9.13. The van der Waals surface area contributed by atoms with Gasteiger partial charge in [0.05, 0.1) is 13.0 Å². The SMILES string of the molecule is COc1ccc(Cl)cc1S(=O)(=O)N1CCC[C@H](C(=O)Nc2cc(F)ccc2C)C1. The van der Waals surface area contributed by atoms with Gasteiger partial charge in [-0.1, -0.05) is 17.7 Å². The normalized spacial score (nSPS) is 17.7. The van der Waals surface area contributed by atoms with Gasteiger partial charge in [0.1, 0.15) is 16.5 Å². The molecular weight excluding hydrogens is 419 g/mol. The van der Waals surface area contributed by atoms with Gasteiger partial charge in [0.2, 0.25) is 15.9 Å². The third kappa shape index (κ3) is 4.71. The summed E-state index contributed by atoms with van der Waals surface area (Å²) < 4.78 is 46.2. The van der Waals surface area contributed by atoms with Crippen molar-refractivity contribution in [2.45, 2.75) is 24.7 Å². The summed E-state index contributed by atoms with van der Waals surface area (Å²) in [6.45, 7) is 2.08. The Balaban J connectivity index is 1.80. The van der Waals surface area contributed by atoms with Gasteiger partial charge < -0.3 is 10.1 Å². The zero-order chi connectivity index (χ0) is 21.2. The molecule has 1 atom stereocenters. The number of methoxy groups -OCH3 is 1. The van der Waals surface area contributed by atoms with E-state index in [0.717, 1.165) is 5.56 Å². The van der Waals surface area contributed by atoms with Crippen LogP contribution < -0.4 is 10.1 Å². The topological polar surface area (TPSA) is 75.7 Å². The molecule has 1 saturated heterocycles. The van der Waals surface area contributed by atoms with E-state index in [1.165, 1.54) is 35.7 Å². The molecule has 2 aromatic carbocycles. The molecule has 1 N–H and O–H groups in total. The van der Waals surface area contributed by atoms with Crippen LogP contribution in [0.5, 0.6) is 5.75 Å². The quantitative estimate of drug-likeness (QED) is 0.766. The van der Waals surface area contributed by atoms with Crippen molar-refractivity contribution in [2.24, 2.45) is 5.92 Å². The number of ether oxygens (including phenoxy) is 1. The van der Waals surface area contributed by atoms with Crippen LogP contribution in [-0.4, -0.2) is 38.8 Å². The Morgan fingerprint density at radius 2 is 2.03 bits per heavy atom. The smallest absolute Gasteiger partial charge is 0.246 e. The molecule has 2 aromatic rings. The number of carbonyl (C=O) groups is 1. The summed E-state index contributed by atoms with van der Waals surface area (Å²) in [5, 5.41) is 2.99. The highest BCUT2D eigenvalue weighted by molar-refractivity contribution is 7.89. The van der Waals surface area contributed by atoms with Gasteiger partial charge in [0.15, 0.2) is 0 Å². The van der Waals surface area contributed by atoms with Crippen molar-refractivity contribution in [1.82, 2.24) is 4.31 Å². The van der Waals surface area contributed by atoms with E-state index in [9.17, 15) is 17.6 Å². The largest absolute Gasteiger partial charge is 0.495 e. The van der Waals surface area contributed by atoms with Crippen molar-refractivity contribution < 1.29 is 22.3 Å². The van der Waals surface area contributed by atoms with Crippen LogP contribution in [-0.2, 0) is 14.8 Å². The summed E-state index contributed by atoms with van der Waals surface area (Å²) in [6.07, 6.45) is 1.07. The summed E-state index contributed by atoms with van der Waals surface area (Å²) in [5.74, 6) is -1.15. The Hall–Kier alpha value is -2.16. The van der Waals surface area contributed by atoms with Crippen LogP contribution in [0.25, 0.3) is 0 Å². The van der Waals surface area contributed by atoms with E-state index in [-0.39, 0.29) is 28.1 Å². The molecule has 0 saturated carbocycles. The number of carbonyl (C=O) groups excluding carboxylic acids is 1. The molecule has 1 fully saturated rings. The lowest BCUT2D eigenvalue weighted by Gasteiger charge is -2.31. The van der Waals surface area contributed by atoms with Crippen LogP contribution in [0.4, 0.5) is 10.1 Å². The average molecular weight is 441 g/mol. The second kappa shape index (κ2) is 8.69. The molecule has 0 aromatic heterocycles. The molecule has 1 heterocycles. The van der Waals surface area contributed by atoms with Crippen molar-refractivity contribution in [3.8, 4) is 5.75 Å². The molecular formula is C20H22ClFN2O4S. The second-order valence-electron chi connectivity index (χ2n) is 6.95. The van der Waals surface area contributed by atoms with Gasteiger partial charge in [-0.15, -0.1) is 0 Å². The van der Waals surface area contributed by atoms with Crippen molar-refractivity contribution in [2.75, 3.05) is 25.5 Å². The third-order valence-corrected chi connectivity index (χ3v) is 7.08. The maximum Gasteiger partial charge on any atom is 0.246 e. The number of amides is 1. The summed E-state index contributed by atoms with van der Waals surface area (Å²) in [7, 11) is -2.51. The first-order valence-corrected chi connectivity index (χ1v) is 10.9. The predicted octanol–water partition coefficient (Wildman–Crippen LogP) is 3.84. The number of rotatable bonds is 5. The average Bonchev–Trinajstić information content (AvgIpc) is 2.70. The summed E-state index contributed by atoms with van der Waals surface area (Å²) in [4.78, 5) is 12.7. The number of anilines is 1. The van der Waals surface area contributed by atoms with Crippen molar-refractivity contribution >= 4 is 33.2 Å². The van der Waals surface area contributed by atoms with Gasteiger partial charge in [-0.05, 0) is 55.7 Å².